The van der Waals surface area contributed by atoms with Gasteiger partial charge in [0.2, 0.25) is 0 Å². The molecule has 1 aromatic carbocycles. The van der Waals surface area contributed by atoms with E-state index in [1.807, 2.05) is 17.5 Å². The first-order valence-electron chi connectivity index (χ1n) is 12.3. The van der Waals surface area contributed by atoms with E-state index in [0.29, 0.717) is 28.4 Å². The average molecular weight is 547 g/mol. The van der Waals surface area contributed by atoms with E-state index in [4.69, 9.17) is 4.74 Å². The molecule has 0 radical (unpaired) electrons. The molecular weight excluding hydrogens is 525 g/mol. The molecule has 12 heteroatoms. The number of nitrogens with one attached hydrogen (secondary N) is 1. The number of rotatable bonds is 8. The van der Waals surface area contributed by atoms with Crippen LogP contribution in [0.15, 0.2) is 83.9 Å². The SMILES string of the molecule is O=C(COc1ccc(C2C=CC3=Cc4ccc(-c5cccs5)n4[B-](F)(F)N32)cc1)NCCN1C(=O)C=CC1=O. The molecule has 3 aromatic rings. The maximum absolute atomic E-state index is 16.1. The Morgan fingerprint density at radius 1 is 1.03 bits per heavy atom. The third kappa shape index (κ3) is 4.46. The van der Waals surface area contributed by atoms with Gasteiger partial charge < -0.3 is 28.0 Å². The van der Waals surface area contributed by atoms with Gasteiger partial charge in [-0.05, 0) is 53.4 Å². The molecule has 0 fully saturated rings. The Morgan fingerprint density at radius 3 is 2.51 bits per heavy atom. The molecule has 39 heavy (non-hydrogen) atoms. The number of ether oxygens (including phenoxy) is 1. The van der Waals surface area contributed by atoms with Crippen molar-refractivity contribution < 1.29 is 27.8 Å². The number of hydrogen-bond donors (Lipinski definition) is 1. The van der Waals surface area contributed by atoms with Crippen molar-refractivity contribution >= 4 is 42.1 Å². The number of carbonyl (C=O) groups excluding carboxylic acids is 3. The maximum Gasteiger partial charge on any atom is 0.530 e. The summed E-state index contributed by atoms with van der Waals surface area (Å²) in [6.07, 6.45) is 7.61. The molecule has 0 saturated heterocycles. The fourth-order valence-electron chi connectivity index (χ4n) is 5.05. The monoisotopic (exact) mass is 547 g/mol. The molecule has 0 saturated carbocycles. The summed E-state index contributed by atoms with van der Waals surface area (Å²) in [7, 11) is 0. The predicted molar refractivity (Wildman–Crippen MR) is 144 cm³/mol. The van der Waals surface area contributed by atoms with Crippen LogP contribution in [0.25, 0.3) is 16.6 Å². The molecular formula is C27H22BF2N4O4S-. The van der Waals surface area contributed by atoms with E-state index < -0.39 is 30.7 Å². The van der Waals surface area contributed by atoms with E-state index in [1.165, 1.54) is 28.3 Å². The zero-order valence-corrected chi connectivity index (χ0v) is 21.3. The van der Waals surface area contributed by atoms with Crippen molar-refractivity contribution in [1.29, 1.82) is 0 Å². The highest BCUT2D eigenvalue weighted by molar-refractivity contribution is 7.13. The van der Waals surface area contributed by atoms with Gasteiger partial charge in [-0.1, -0.05) is 24.3 Å². The van der Waals surface area contributed by atoms with Crippen LogP contribution in [-0.2, 0) is 14.4 Å². The number of halogens is 2. The van der Waals surface area contributed by atoms with Gasteiger partial charge in [-0.15, -0.1) is 11.3 Å². The Kier molecular flexibility index (Phi) is 6.18. The third-order valence-corrected chi connectivity index (χ3v) is 7.75. The van der Waals surface area contributed by atoms with Crippen molar-refractivity contribution in [3.63, 3.8) is 0 Å². The Morgan fingerprint density at radius 2 is 1.79 bits per heavy atom. The number of fused-ring (bicyclic) bond motifs is 2. The number of hydrogen-bond acceptors (Lipinski definition) is 6. The van der Waals surface area contributed by atoms with Gasteiger partial charge >= 0.3 is 6.97 Å². The summed E-state index contributed by atoms with van der Waals surface area (Å²) >= 11 is 1.42. The standard InChI is InChI=1S/C27H22BF2N4O4S/c29-28(30)33-19(16-20-6-10-23(34(20)28)24-2-1-15-39-24)5-9-22(33)18-3-7-21(8-4-18)38-17-25(35)31-13-14-32-26(36)11-12-27(32)37/h1-12,15-16,22H,13-14,17H2,(H,31,35)/q-1. The quantitative estimate of drug-likeness (QED) is 0.343. The number of benzene rings is 1. The molecule has 2 aromatic heterocycles. The molecule has 0 bridgehead atoms. The van der Waals surface area contributed by atoms with Crippen LogP contribution in [0, 0.1) is 0 Å². The first-order valence-corrected chi connectivity index (χ1v) is 13.2. The number of carbonyl (C=O) groups is 3. The molecule has 1 unspecified atom stereocenters. The number of allylic oxidation sites excluding steroid dienone is 1. The zero-order chi connectivity index (χ0) is 27.1. The van der Waals surface area contributed by atoms with Gasteiger partial charge in [0.05, 0.1) is 0 Å². The maximum atomic E-state index is 16.1. The second kappa shape index (κ2) is 9.70. The molecule has 5 heterocycles. The summed E-state index contributed by atoms with van der Waals surface area (Å²) < 4.78 is 38.8. The highest BCUT2D eigenvalue weighted by Gasteiger charge is 2.45. The topological polar surface area (TPSA) is 83.9 Å². The van der Waals surface area contributed by atoms with Crippen LogP contribution in [0.5, 0.6) is 5.75 Å². The fourth-order valence-corrected chi connectivity index (χ4v) is 5.79. The molecule has 0 spiro atoms. The molecule has 3 amide bonds. The summed E-state index contributed by atoms with van der Waals surface area (Å²) in [6.45, 7) is -4.22. The minimum Gasteiger partial charge on any atom is -0.484 e. The zero-order valence-electron chi connectivity index (χ0n) is 20.5. The number of aromatic nitrogens is 1. The van der Waals surface area contributed by atoms with Crippen molar-refractivity contribution in [1.82, 2.24) is 19.5 Å². The highest BCUT2D eigenvalue weighted by atomic mass is 32.1. The van der Waals surface area contributed by atoms with Gasteiger partial charge in [-0.2, -0.15) is 0 Å². The summed E-state index contributed by atoms with van der Waals surface area (Å²) in [5, 5.41) is 4.46. The first kappa shape index (κ1) is 24.9. The third-order valence-electron chi connectivity index (χ3n) is 6.86. The molecule has 0 aliphatic carbocycles. The van der Waals surface area contributed by atoms with Crippen molar-refractivity contribution in [3.05, 3.63) is 95.2 Å². The smallest absolute Gasteiger partial charge is 0.484 e. The lowest BCUT2D eigenvalue weighted by atomic mass is 9.86. The Bertz CT molecular complexity index is 1530. The predicted octanol–water partition coefficient (Wildman–Crippen LogP) is 3.83. The van der Waals surface area contributed by atoms with Gasteiger partial charge in [-0.3, -0.25) is 19.3 Å². The van der Waals surface area contributed by atoms with Crippen LogP contribution in [0.3, 0.4) is 0 Å². The van der Waals surface area contributed by atoms with E-state index in [-0.39, 0.29) is 19.7 Å². The lowest BCUT2D eigenvalue weighted by Crippen LogP contribution is -2.54. The van der Waals surface area contributed by atoms with Gasteiger partial charge in [0.25, 0.3) is 17.7 Å². The Labute approximate surface area is 226 Å². The summed E-state index contributed by atoms with van der Waals surface area (Å²) in [5.74, 6) is -0.833. The fraction of sp³-hybridized carbons (Fsp3) is 0.148. The van der Waals surface area contributed by atoms with E-state index in [1.54, 1.807) is 54.6 Å². The molecule has 8 nitrogen and oxygen atoms in total. The van der Waals surface area contributed by atoms with Crippen LogP contribution in [0.2, 0.25) is 0 Å². The van der Waals surface area contributed by atoms with Gasteiger partial charge in [-0.25, -0.2) is 0 Å². The van der Waals surface area contributed by atoms with Crippen molar-refractivity contribution in [2.24, 2.45) is 0 Å². The van der Waals surface area contributed by atoms with Gasteiger partial charge in [0.1, 0.15) is 5.75 Å². The number of thiophene rings is 1. The number of imide groups is 1. The number of amides is 3. The molecule has 6 rings (SSSR count). The lowest BCUT2D eigenvalue weighted by Gasteiger charge is -2.47. The second-order valence-electron chi connectivity index (χ2n) is 9.23. The first-order chi connectivity index (χ1) is 18.8. The average Bonchev–Trinajstić information content (AvgIpc) is 3.72. The van der Waals surface area contributed by atoms with Gasteiger partial charge in [0.15, 0.2) is 6.61 Å². The van der Waals surface area contributed by atoms with Gasteiger partial charge in [0, 0.05) is 53.2 Å². The highest BCUT2D eigenvalue weighted by Crippen LogP contribution is 2.45. The normalized spacial score (nSPS) is 18.8. The Balaban J connectivity index is 1.09. The summed E-state index contributed by atoms with van der Waals surface area (Å²) in [5.41, 5.74) is 2.08. The number of nitrogens with zero attached hydrogens (tertiary/aromatic N) is 3. The van der Waals surface area contributed by atoms with Crippen LogP contribution >= 0.6 is 11.3 Å². The molecule has 3 aliphatic heterocycles. The van der Waals surface area contributed by atoms with Crippen molar-refractivity contribution in [3.8, 4) is 16.3 Å². The molecule has 1 atom stereocenters. The van der Waals surface area contributed by atoms with Crippen LogP contribution in [0.1, 0.15) is 17.3 Å². The van der Waals surface area contributed by atoms with Crippen molar-refractivity contribution in [2.75, 3.05) is 19.7 Å². The van der Waals surface area contributed by atoms with E-state index in [9.17, 15) is 14.4 Å². The lowest BCUT2D eigenvalue weighted by molar-refractivity contribution is -0.137. The minimum absolute atomic E-state index is 0.0679. The van der Waals surface area contributed by atoms with E-state index in [0.717, 1.165) is 14.3 Å². The van der Waals surface area contributed by atoms with Crippen LogP contribution in [0.4, 0.5) is 8.63 Å². The van der Waals surface area contributed by atoms with Crippen LogP contribution in [-0.4, -0.2) is 58.6 Å². The van der Waals surface area contributed by atoms with E-state index >= 15 is 8.63 Å². The molecule has 1 N–H and O–H groups in total. The van der Waals surface area contributed by atoms with Crippen molar-refractivity contribution in [2.45, 2.75) is 6.04 Å². The minimum atomic E-state index is -4.12. The summed E-state index contributed by atoms with van der Waals surface area (Å²) in [6, 6.07) is 13.2. The Hall–Kier alpha value is -4.45. The summed E-state index contributed by atoms with van der Waals surface area (Å²) in [4.78, 5) is 38.2. The van der Waals surface area contributed by atoms with E-state index in [2.05, 4.69) is 5.32 Å². The second-order valence-corrected chi connectivity index (χ2v) is 10.2. The van der Waals surface area contributed by atoms with Crippen LogP contribution < -0.4 is 10.1 Å². The molecule has 3 aliphatic rings. The largest absolute Gasteiger partial charge is 0.530 e. The molecule has 198 valence electrons.